The summed E-state index contributed by atoms with van der Waals surface area (Å²) >= 11 is 0. The minimum absolute atomic E-state index is 0.201. The van der Waals surface area contributed by atoms with Gasteiger partial charge in [0, 0.05) is 8.07 Å². The first kappa shape index (κ1) is 62.7. The summed E-state index contributed by atoms with van der Waals surface area (Å²) in [7, 11) is -0.860. The van der Waals surface area contributed by atoms with Gasteiger partial charge in [-0.2, -0.15) is 13.2 Å². The van der Waals surface area contributed by atoms with E-state index in [4.69, 9.17) is 9.47 Å². The number of alkyl halides is 3. The Hall–Kier alpha value is -0.353. The van der Waals surface area contributed by atoms with Gasteiger partial charge in [-0.1, -0.05) is 244 Å². The van der Waals surface area contributed by atoms with Gasteiger partial charge in [0.2, 0.25) is 0 Å². The van der Waals surface area contributed by atoms with Crippen LogP contribution in [0.25, 0.3) is 0 Å². The van der Waals surface area contributed by atoms with Crippen molar-refractivity contribution in [3.05, 3.63) is 0 Å². The van der Waals surface area contributed by atoms with Crippen molar-refractivity contribution >= 4 is 8.07 Å². The van der Waals surface area contributed by atoms with Gasteiger partial charge in [-0.25, -0.2) is 0 Å². The number of hydrogen-bond acceptors (Lipinski definition) is 9. The van der Waals surface area contributed by atoms with E-state index in [-0.39, 0.29) is 12.8 Å². The lowest BCUT2D eigenvalue weighted by molar-refractivity contribution is -0.303. The highest BCUT2D eigenvalue weighted by molar-refractivity contribution is 6.76. The molecule has 0 bridgehead atoms. The molecule has 13 heteroatoms. The summed E-state index contributed by atoms with van der Waals surface area (Å²) in [5, 5.41) is 65.1. The molecule has 0 saturated carbocycles. The van der Waals surface area contributed by atoms with E-state index in [0.29, 0.717) is 19.3 Å². The summed E-state index contributed by atoms with van der Waals surface area (Å²) in [6.07, 6.45) is 23.4. The van der Waals surface area contributed by atoms with Crippen LogP contribution in [0.15, 0.2) is 0 Å². The Kier molecular flexibility index (Phi) is 38.0. The van der Waals surface area contributed by atoms with E-state index in [2.05, 4.69) is 31.9 Å². The molecule has 1 heterocycles. The number of aliphatic hydroxyl groups is 6. The molecule has 0 aromatic heterocycles. The van der Waals surface area contributed by atoms with Crippen LogP contribution in [0, 0.1) is 0 Å². The molecule has 0 amide bonds. The Morgan fingerprint density at radius 1 is 0.538 bits per heavy atom. The fourth-order valence-electron chi connectivity index (χ4n) is 9.24. The van der Waals surface area contributed by atoms with Crippen molar-refractivity contribution in [3.8, 4) is 0 Å². The lowest BCUT2D eigenvalue weighted by Gasteiger charge is -2.40. The lowest BCUT2D eigenvalue weighted by atomic mass is 9.97. The monoisotopic (exact) mass is 956 g/mol. The zero-order chi connectivity index (χ0) is 48.2. The molecule has 7 N–H and O–H groups in total. The second-order valence-corrected chi connectivity index (χ2v) is 26.8. The van der Waals surface area contributed by atoms with Crippen molar-refractivity contribution < 1.29 is 53.3 Å². The molecule has 1 aliphatic heterocycles. The van der Waals surface area contributed by atoms with Crippen molar-refractivity contribution in [1.29, 1.82) is 0 Å². The van der Waals surface area contributed by atoms with Crippen molar-refractivity contribution in [2.24, 2.45) is 0 Å². The summed E-state index contributed by atoms with van der Waals surface area (Å²) in [5.41, 5.74) is 0. The first-order valence-electron chi connectivity index (χ1n) is 27.2. The maximum absolute atomic E-state index is 14.4. The van der Waals surface area contributed by atoms with Crippen molar-refractivity contribution in [2.45, 2.75) is 319 Å². The molecule has 0 aromatic rings. The zero-order valence-corrected chi connectivity index (χ0v) is 43.2. The zero-order valence-electron chi connectivity index (χ0n) is 42.2. The molecule has 1 aliphatic rings. The fraction of sp³-hybridized carbons (Fsp3) is 1.00. The number of ether oxygens (including phenoxy) is 2. The smallest absolute Gasteiger partial charge is 0.394 e. The fourth-order valence-corrected chi connectivity index (χ4v) is 10.6. The van der Waals surface area contributed by atoms with Crippen LogP contribution in [0.3, 0.4) is 0 Å². The molecule has 1 rings (SSSR count). The van der Waals surface area contributed by atoms with Gasteiger partial charge in [-0.05, 0) is 12.8 Å². The molecule has 1 saturated heterocycles. The summed E-state index contributed by atoms with van der Waals surface area (Å²) < 4.78 is 54.4. The first-order chi connectivity index (χ1) is 31.1. The summed E-state index contributed by atoms with van der Waals surface area (Å²) in [5.74, 6) is 0. The molecule has 0 aromatic carbocycles. The van der Waals surface area contributed by atoms with Gasteiger partial charge in [-0.3, -0.25) is 5.32 Å². The van der Waals surface area contributed by atoms with Crippen LogP contribution in [0.4, 0.5) is 13.2 Å². The number of rotatable bonds is 45. The molecule has 65 heavy (non-hydrogen) atoms. The number of unbranched alkanes of at least 4 members (excludes halogenated alkanes) is 31. The topological polar surface area (TPSA) is 152 Å². The Balaban J connectivity index is 2.40. The molecule has 0 aliphatic carbocycles. The van der Waals surface area contributed by atoms with Gasteiger partial charge >= 0.3 is 6.18 Å². The maximum atomic E-state index is 14.4. The molecule has 9 nitrogen and oxygen atoms in total. The average molecular weight is 956 g/mol. The average Bonchev–Trinajstić information content (AvgIpc) is 3.26. The van der Waals surface area contributed by atoms with Crippen molar-refractivity contribution in [1.82, 2.24) is 5.32 Å². The second kappa shape index (κ2) is 39.4. The third-order valence-corrected chi connectivity index (χ3v) is 15.5. The van der Waals surface area contributed by atoms with E-state index in [9.17, 15) is 43.8 Å². The van der Waals surface area contributed by atoms with Gasteiger partial charge in [0.15, 0.2) is 6.29 Å². The van der Waals surface area contributed by atoms with Gasteiger partial charge < -0.3 is 40.1 Å². The SMILES string of the molecule is CCCCCCCCCCCCCC[C@@H](O)[C@@H](O)[C@H](COC1OC(CO)C(O)C(O)C1O)N[C@@H](CCCCCCCCCCCCCCCCCCCCCCC[Si](C)(C)C)C(F)(F)F. The Bertz CT molecular complexity index is 1060. The molecule has 390 valence electrons. The van der Waals surface area contributed by atoms with E-state index < -0.39 is 82.5 Å². The Morgan fingerprint density at radius 3 is 1.28 bits per heavy atom. The van der Waals surface area contributed by atoms with Crippen molar-refractivity contribution in [3.63, 3.8) is 0 Å². The number of hydrogen-bond donors (Lipinski definition) is 7. The third-order valence-electron chi connectivity index (χ3n) is 13.7. The quantitative estimate of drug-likeness (QED) is 0.0234. The van der Waals surface area contributed by atoms with E-state index in [1.54, 1.807) is 0 Å². The molecular formula is C52H104F3NO8Si. The Labute approximate surface area is 397 Å². The summed E-state index contributed by atoms with van der Waals surface area (Å²) in [6, 6.07) is -1.88. The lowest BCUT2D eigenvalue weighted by Crippen LogP contribution is -2.61. The standard InChI is InChI=1S/C52H104F3NO8Si/c1-5-6-7-8-9-10-11-23-26-29-32-35-38-44(58)47(59)43(42-63-51-50(62)49(61)48(60)45(41-57)64-51)56-46(52(53,54)55)39-36-33-30-27-24-21-19-17-15-13-12-14-16-18-20-22-25-28-31-34-37-40-65(2,3)4/h43-51,56-62H,5-42H2,1-4H3/t43-,44+,45?,46-,47-,48?,49?,50?,51?/m0/s1. The first-order valence-corrected chi connectivity index (χ1v) is 30.9. The molecule has 0 spiro atoms. The Morgan fingerprint density at radius 2 is 0.908 bits per heavy atom. The predicted octanol–water partition coefficient (Wildman–Crippen LogP) is 12.4. The van der Waals surface area contributed by atoms with Crippen LogP contribution in [0.2, 0.25) is 25.7 Å². The van der Waals surface area contributed by atoms with E-state index in [0.717, 1.165) is 51.4 Å². The van der Waals surface area contributed by atoms with Gasteiger partial charge in [0.1, 0.15) is 30.5 Å². The molecule has 0 radical (unpaired) electrons. The van der Waals surface area contributed by atoms with Crippen LogP contribution < -0.4 is 5.32 Å². The van der Waals surface area contributed by atoms with Crippen LogP contribution >= 0.6 is 0 Å². The normalized spacial score (nSPS) is 21.5. The second-order valence-electron chi connectivity index (χ2n) is 21.2. The number of nitrogens with one attached hydrogen (secondary N) is 1. The maximum Gasteiger partial charge on any atom is 0.403 e. The van der Waals surface area contributed by atoms with Crippen LogP contribution in [0.5, 0.6) is 0 Å². The van der Waals surface area contributed by atoms with E-state index in [1.807, 2.05) is 0 Å². The largest absolute Gasteiger partial charge is 0.403 e. The molecule has 9 atom stereocenters. The summed E-state index contributed by atoms with van der Waals surface area (Å²) in [4.78, 5) is 0. The van der Waals surface area contributed by atoms with Gasteiger partial charge in [0.25, 0.3) is 0 Å². The molecular weight excluding hydrogens is 852 g/mol. The van der Waals surface area contributed by atoms with E-state index in [1.165, 1.54) is 147 Å². The molecule has 1 fully saturated rings. The minimum Gasteiger partial charge on any atom is -0.394 e. The highest BCUT2D eigenvalue weighted by Crippen LogP contribution is 2.28. The third kappa shape index (κ3) is 33.0. The van der Waals surface area contributed by atoms with Crippen LogP contribution in [-0.4, -0.2) is 113 Å². The number of halogens is 3. The van der Waals surface area contributed by atoms with E-state index >= 15 is 0 Å². The van der Waals surface area contributed by atoms with Crippen LogP contribution in [-0.2, 0) is 9.47 Å². The molecule has 5 unspecified atom stereocenters. The highest BCUT2D eigenvalue weighted by Gasteiger charge is 2.46. The number of aliphatic hydroxyl groups excluding tert-OH is 6. The van der Waals surface area contributed by atoms with Gasteiger partial charge in [-0.15, -0.1) is 0 Å². The highest BCUT2D eigenvalue weighted by atomic mass is 28.3. The van der Waals surface area contributed by atoms with Crippen LogP contribution in [0.1, 0.15) is 232 Å². The van der Waals surface area contributed by atoms with Gasteiger partial charge in [0.05, 0.1) is 31.5 Å². The minimum atomic E-state index is -4.63. The predicted molar refractivity (Wildman–Crippen MR) is 264 cm³/mol. The van der Waals surface area contributed by atoms with Crippen molar-refractivity contribution in [2.75, 3.05) is 13.2 Å². The summed E-state index contributed by atoms with van der Waals surface area (Å²) in [6.45, 7) is 8.34.